The van der Waals surface area contributed by atoms with Crippen molar-refractivity contribution in [3.05, 3.63) is 18.1 Å². The molecule has 0 saturated carbocycles. The quantitative estimate of drug-likeness (QED) is 0.918. The summed E-state index contributed by atoms with van der Waals surface area (Å²) in [7, 11) is 0. The van der Waals surface area contributed by atoms with Crippen molar-refractivity contribution >= 4 is 0 Å². The van der Waals surface area contributed by atoms with Crippen LogP contribution < -0.4 is 4.74 Å². The second-order valence-corrected chi connectivity index (χ2v) is 4.76. The summed E-state index contributed by atoms with van der Waals surface area (Å²) in [5.74, 6) is 0.585. The van der Waals surface area contributed by atoms with Gasteiger partial charge in [0.15, 0.2) is 0 Å². The minimum atomic E-state index is 0. The molecule has 20 heavy (non-hydrogen) atoms. The third kappa shape index (κ3) is 6.82. The largest absolute Gasteiger partial charge is 0.472 e. The topological polar surface area (TPSA) is 58.5 Å². The molecule has 2 rings (SSSR count). The van der Waals surface area contributed by atoms with E-state index in [0.717, 1.165) is 31.7 Å². The van der Waals surface area contributed by atoms with Crippen LogP contribution in [-0.4, -0.2) is 52.3 Å². The van der Waals surface area contributed by atoms with E-state index in [1.54, 1.807) is 12.4 Å². The highest BCUT2D eigenvalue weighted by molar-refractivity contribution is 5.06. The van der Waals surface area contributed by atoms with E-state index < -0.39 is 0 Å². The summed E-state index contributed by atoms with van der Waals surface area (Å²) in [6, 6.07) is 0. The van der Waals surface area contributed by atoms with Crippen LogP contribution in [0.25, 0.3) is 0 Å². The van der Waals surface area contributed by atoms with Crippen LogP contribution in [0.2, 0.25) is 0 Å². The van der Waals surface area contributed by atoms with E-state index in [1.165, 1.54) is 6.42 Å². The number of hydrogen-bond donors (Lipinski definition) is 1. The molecule has 1 N–H and O–H groups in total. The highest BCUT2D eigenvalue weighted by atomic mass is 16.5. The maximum Gasteiger partial charge on any atom is 0.232 e. The average molecular weight is 283 g/mol. The van der Waals surface area contributed by atoms with Crippen molar-refractivity contribution in [2.75, 3.05) is 26.2 Å². The first-order valence-corrected chi connectivity index (χ1v) is 6.98. The molecule has 1 aliphatic rings. The first-order chi connectivity index (χ1) is 9.19. The van der Waals surface area contributed by atoms with Crippen LogP contribution >= 0.6 is 0 Å². The van der Waals surface area contributed by atoms with Crippen molar-refractivity contribution < 1.29 is 9.84 Å². The Labute approximate surface area is 123 Å². The van der Waals surface area contributed by atoms with Gasteiger partial charge < -0.3 is 9.84 Å². The molecule has 0 aromatic carbocycles. The zero-order chi connectivity index (χ0) is 14.1. The minimum absolute atomic E-state index is 0. The third-order valence-electron chi connectivity index (χ3n) is 2.69. The molecule has 2 heterocycles. The average Bonchev–Trinajstić information content (AvgIpc) is 2.81. The number of ether oxygens (including phenoxy) is 1. The molecule has 0 radical (unpaired) electrons. The number of β-amino-alcohol motifs (C(OH)–C–C–N with tert-alkyl or cyclic N) is 1. The monoisotopic (exact) mass is 283 g/mol. The molecule has 1 aliphatic heterocycles. The van der Waals surface area contributed by atoms with Crippen LogP contribution in [0.3, 0.4) is 0 Å². The van der Waals surface area contributed by atoms with Gasteiger partial charge in [0.05, 0.1) is 24.7 Å². The SMILES string of the molecule is C.CCC.Cc1cnc(O[C@H]2CCN(CCO)C2)cn1. The summed E-state index contributed by atoms with van der Waals surface area (Å²) in [6.45, 7) is 8.91. The summed E-state index contributed by atoms with van der Waals surface area (Å²) in [5.41, 5.74) is 0.890. The molecular weight excluding hydrogens is 254 g/mol. The van der Waals surface area contributed by atoms with E-state index in [2.05, 4.69) is 28.7 Å². The van der Waals surface area contributed by atoms with E-state index >= 15 is 0 Å². The Kier molecular flexibility index (Phi) is 9.94. The molecule has 1 saturated heterocycles. The predicted molar refractivity (Wildman–Crippen MR) is 82.0 cm³/mol. The van der Waals surface area contributed by atoms with Gasteiger partial charge in [-0.1, -0.05) is 27.7 Å². The summed E-state index contributed by atoms with van der Waals surface area (Å²) in [4.78, 5) is 10.5. The lowest BCUT2D eigenvalue weighted by molar-refractivity contribution is 0.176. The minimum Gasteiger partial charge on any atom is -0.472 e. The normalized spacial score (nSPS) is 17.9. The van der Waals surface area contributed by atoms with Gasteiger partial charge in [-0.3, -0.25) is 9.88 Å². The number of hydrogen-bond acceptors (Lipinski definition) is 5. The van der Waals surface area contributed by atoms with E-state index in [0.29, 0.717) is 5.88 Å². The Morgan fingerprint density at radius 3 is 2.60 bits per heavy atom. The zero-order valence-electron chi connectivity index (χ0n) is 12.2. The molecule has 1 fully saturated rings. The van der Waals surface area contributed by atoms with E-state index in [4.69, 9.17) is 9.84 Å². The third-order valence-corrected chi connectivity index (χ3v) is 2.69. The lowest BCUT2D eigenvalue weighted by Gasteiger charge is -2.14. The smallest absolute Gasteiger partial charge is 0.232 e. The van der Waals surface area contributed by atoms with Crippen molar-refractivity contribution in [2.24, 2.45) is 0 Å². The maximum atomic E-state index is 8.83. The van der Waals surface area contributed by atoms with Crippen LogP contribution in [0, 0.1) is 6.92 Å². The summed E-state index contributed by atoms with van der Waals surface area (Å²) >= 11 is 0. The van der Waals surface area contributed by atoms with Crippen molar-refractivity contribution in [3.63, 3.8) is 0 Å². The Hall–Kier alpha value is -1.20. The summed E-state index contributed by atoms with van der Waals surface area (Å²) in [6.07, 6.45) is 5.76. The Morgan fingerprint density at radius 2 is 2.05 bits per heavy atom. The lowest BCUT2D eigenvalue weighted by Crippen LogP contribution is -2.27. The Balaban J connectivity index is 0.000000830. The van der Waals surface area contributed by atoms with Crippen LogP contribution in [-0.2, 0) is 0 Å². The molecule has 0 spiro atoms. The number of aromatic nitrogens is 2. The Morgan fingerprint density at radius 1 is 1.35 bits per heavy atom. The van der Waals surface area contributed by atoms with Gasteiger partial charge in [-0.2, -0.15) is 0 Å². The molecule has 0 amide bonds. The molecule has 1 atom stereocenters. The molecule has 0 unspecified atom stereocenters. The van der Waals surface area contributed by atoms with Gasteiger partial charge in [0, 0.05) is 19.6 Å². The van der Waals surface area contributed by atoms with Crippen molar-refractivity contribution in [2.45, 2.75) is 47.1 Å². The summed E-state index contributed by atoms with van der Waals surface area (Å²) < 4.78 is 5.71. The molecule has 5 heteroatoms. The van der Waals surface area contributed by atoms with Gasteiger partial charge in [0.1, 0.15) is 6.10 Å². The Bertz CT molecular complexity index is 343. The first kappa shape index (κ1) is 18.8. The number of aliphatic hydroxyl groups excluding tert-OH is 1. The fraction of sp³-hybridized carbons (Fsp3) is 0.733. The molecular formula is C15H29N3O2. The molecule has 116 valence electrons. The maximum absolute atomic E-state index is 8.83. The molecule has 0 aliphatic carbocycles. The number of aryl methyl sites for hydroxylation is 1. The van der Waals surface area contributed by atoms with Crippen LogP contribution in [0.1, 0.15) is 39.8 Å². The number of likely N-dealkylation sites (tertiary alicyclic amines) is 1. The second-order valence-electron chi connectivity index (χ2n) is 4.76. The van der Waals surface area contributed by atoms with Gasteiger partial charge in [0.2, 0.25) is 5.88 Å². The van der Waals surface area contributed by atoms with Crippen molar-refractivity contribution in [1.29, 1.82) is 0 Å². The van der Waals surface area contributed by atoms with E-state index in [1.807, 2.05) is 6.92 Å². The number of aliphatic hydroxyl groups is 1. The molecule has 1 aromatic heterocycles. The van der Waals surface area contributed by atoms with Crippen LogP contribution in [0.15, 0.2) is 12.4 Å². The number of rotatable bonds is 4. The predicted octanol–water partition coefficient (Wildman–Crippen LogP) is 2.28. The van der Waals surface area contributed by atoms with Crippen LogP contribution in [0.4, 0.5) is 0 Å². The number of nitrogens with zero attached hydrogens (tertiary/aromatic N) is 3. The molecule has 1 aromatic rings. The van der Waals surface area contributed by atoms with Gasteiger partial charge in [-0.25, -0.2) is 4.98 Å². The van der Waals surface area contributed by atoms with E-state index in [-0.39, 0.29) is 20.1 Å². The van der Waals surface area contributed by atoms with Gasteiger partial charge in [-0.15, -0.1) is 0 Å². The van der Waals surface area contributed by atoms with Gasteiger partial charge in [0.25, 0.3) is 0 Å². The molecule has 0 bridgehead atoms. The summed E-state index contributed by atoms with van der Waals surface area (Å²) in [5, 5.41) is 8.83. The van der Waals surface area contributed by atoms with Crippen molar-refractivity contribution in [3.8, 4) is 5.88 Å². The fourth-order valence-corrected chi connectivity index (χ4v) is 1.85. The first-order valence-electron chi connectivity index (χ1n) is 6.98. The second kappa shape index (κ2) is 10.6. The lowest BCUT2D eigenvalue weighted by atomic mass is 10.3. The highest BCUT2D eigenvalue weighted by Gasteiger charge is 2.23. The van der Waals surface area contributed by atoms with E-state index in [9.17, 15) is 0 Å². The van der Waals surface area contributed by atoms with Crippen molar-refractivity contribution in [1.82, 2.24) is 14.9 Å². The standard InChI is InChI=1S/C11H17N3O2.C3H8.CH4/c1-9-6-13-11(7-12-9)16-10-2-3-14(8-10)4-5-15;1-3-2;/h6-7,10,15H,2-5,8H2,1H3;3H2,1-2H3;1H4/t10-;;/m0../s1. The fourth-order valence-electron chi connectivity index (χ4n) is 1.85. The van der Waals surface area contributed by atoms with Gasteiger partial charge >= 0.3 is 0 Å². The van der Waals surface area contributed by atoms with Gasteiger partial charge in [-0.05, 0) is 13.3 Å². The molecule has 5 nitrogen and oxygen atoms in total. The van der Waals surface area contributed by atoms with Crippen LogP contribution in [0.5, 0.6) is 5.88 Å². The zero-order valence-corrected chi connectivity index (χ0v) is 12.2. The highest BCUT2D eigenvalue weighted by Crippen LogP contribution is 2.15.